The van der Waals surface area contributed by atoms with Gasteiger partial charge in [0.1, 0.15) is 11.6 Å². The number of esters is 1. The fraction of sp³-hybridized carbons (Fsp3) is 0.500. The van der Waals surface area contributed by atoms with Crippen LogP contribution in [-0.2, 0) is 16.1 Å². The molecule has 0 saturated carbocycles. The third kappa shape index (κ3) is 5.30. The van der Waals surface area contributed by atoms with Crippen molar-refractivity contribution >= 4 is 23.3 Å². The number of thiazole rings is 1. The van der Waals surface area contributed by atoms with Gasteiger partial charge < -0.3 is 15.4 Å². The van der Waals surface area contributed by atoms with E-state index in [4.69, 9.17) is 0 Å². The maximum Gasteiger partial charge on any atom is 0.325 e. The van der Waals surface area contributed by atoms with Gasteiger partial charge in [-0.05, 0) is 13.8 Å². The fourth-order valence-electron chi connectivity index (χ4n) is 1.07. The van der Waals surface area contributed by atoms with Crippen molar-refractivity contribution in [1.82, 2.24) is 15.6 Å². The highest BCUT2D eigenvalue weighted by molar-refractivity contribution is 7.11. The molecule has 1 rings (SSSR count). The number of hydrogen-bond acceptors (Lipinski definition) is 5. The first-order valence-electron chi connectivity index (χ1n) is 5.20. The van der Waals surface area contributed by atoms with E-state index in [1.807, 2.05) is 6.92 Å². The molecule has 0 unspecified atom stereocenters. The molecule has 0 spiro atoms. The van der Waals surface area contributed by atoms with Crippen molar-refractivity contribution in [3.63, 3.8) is 0 Å². The molecule has 0 bridgehead atoms. The van der Waals surface area contributed by atoms with Crippen molar-refractivity contribution in [3.8, 4) is 0 Å². The molecular weight excluding hydrogens is 242 g/mol. The highest BCUT2D eigenvalue weighted by atomic mass is 32.1. The zero-order valence-corrected chi connectivity index (χ0v) is 10.6. The van der Waals surface area contributed by atoms with Crippen molar-refractivity contribution < 1.29 is 14.3 Å². The predicted molar refractivity (Wildman–Crippen MR) is 63.7 cm³/mol. The summed E-state index contributed by atoms with van der Waals surface area (Å²) < 4.78 is 4.67. The molecule has 17 heavy (non-hydrogen) atoms. The van der Waals surface area contributed by atoms with Gasteiger partial charge in [-0.3, -0.25) is 4.79 Å². The summed E-state index contributed by atoms with van der Waals surface area (Å²) in [6.45, 7) is 4.19. The monoisotopic (exact) mass is 257 g/mol. The van der Waals surface area contributed by atoms with Crippen LogP contribution in [-0.4, -0.2) is 30.1 Å². The van der Waals surface area contributed by atoms with E-state index in [0.29, 0.717) is 13.2 Å². The quantitative estimate of drug-likeness (QED) is 0.765. The van der Waals surface area contributed by atoms with E-state index in [0.717, 1.165) is 9.88 Å². The Balaban J connectivity index is 2.19. The van der Waals surface area contributed by atoms with Crippen LogP contribution in [0.4, 0.5) is 4.79 Å². The Hall–Kier alpha value is -1.63. The summed E-state index contributed by atoms with van der Waals surface area (Å²) in [7, 11) is 0. The predicted octanol–water partition coefficient (Wildman–Crippen LogP) is 0.814. The van der Waals surface area contributed by atoms with E-state index in [-0.39, 0.29) is 6.54 Å². The third-order valence-corrected chi connectivity index (χ3v) is 2.68. The summed E-state index contributed by atoms with van der Waals surface area (Å²) in [5.74, 6) is -0.451. The van der Waals surface area contributed by atoms with Gasteiger partial charge in [-0.15, -0.1) is 11.3 Å². The molecule has 0 radical (unpaired) electrons. The smallest absolute Gasteiger partial charge is 0.325 e. The number of ether oxygens (including phenoxy) is 1. The van der Waals surface area contributed by atoms with Crippen LogP contribution in [0.1, 0.15) is 16.8 Å². The number of aromatic nitrogens is 1. The van der Waals surface area contributed by atoms with E-state index in [1.165, 1.54) is 11.3 Å². The lowest BCUT2D eigenvalue weighted by Crippen LogP contribution is -2.38. The highest BCUT2D eigenvalue weighted by Crippen LogP contribution is 2.10. The van der Waals surface area contributed by atoms with Crippen molar-refractivity contribution in [2.45, 2.75) is 20.4 Å². The first-order valence-corrected chi connectivity index (χ1v) is 6.02. The van der Waals surface area contributed by atoms with E-state index < -0.39 is 12.0 Å². The summed E-state index contributed by atoms with van der Waals surface area (Å²) in [4.78, 5) is 27.4. The lowest BCUT2D eigenvalue weighted by atomic mass is 10.6. The number of aryl methyl sites for hydroxylation is 1. The molecule has 2 amide bonds. The van der Waals surface area contributed by atoms with Crippen LogP contribution in [0.5, 0.6) is 0 Å². The number of carbonyl (C=O) groups excluding carboxylic acids is 2. The van der Waals surface area contributed by atoms with Gasteiger partial charge in [0.15, 0.2) is 0 Å². The second-order valence-corrected chi connectivity index (χ2v) is 4.53. The molecule has 0 aliphatic heterocycles. The van der Waals surface area contributed by atoms with E-state index in [2.05, 4.69) is 20.4 Å². The van der Waals surface area contributed by atoms with E-state index >= 15 is 0 Å². The van der Waals surface area contributed by atoms with Gasteiger partial charge in [0.2, 0.25) is 0 Å². The average Bonchev–Trinajstić information content (AvgIpc) is 2.70. The molecule has 94 valence electrons. The molecule has 0 aliphatic rings. The Morgan fingerprint density at radius 2 is 2.24 bits per heavy atom. The first kappa shape index (κ1) is 13.4. The average molecular weight is 257 g/mol. The van der Waals surface area contributed by atoms with Crippen LogP contribution in [0.3, 0.4) is 0 Å². The molecule has 0 aromatic carbocycles. The number of nitrogens with one attached hydrogen (secondary N) is 2. The summed E-state index contributed by atoms with van der Waals surface area (Å²) in [5, 5.41) is 5.82. The van der Waals surface area contributed by atoms with Crippen LogP contribution < -0.4 is 10.6 Å². The molecule has 7 heteroatoms. The van der Waals surface area contributed by atoms with Gasteiger partial charge in [0.25, 0.3) is 0 Å². The molecular formula is C10H15N3O3S. The number of urea groups is 1. The van der Waals surface area contributed by atoms with E-state index in [9.17, 15) is 9.59 Å². The van der Waals surface area contributed by atoms with Gasteiger partial charge in [0.05, 0.1) is 13.2 Å². The van der Waals surface area contributed by atoms with Gasteiger partial charge in [-0.1, -0.05) is 0 Å². The lowest BCUT2D eigenvalue weighted by molar-refractivity contribution is -0.141. The Labute approximate surface area is 103 Å². The van der Waals surface area contributed by atoms with E-state index in [1.54, 1.807) is 13.1 Å². The van der Waals surface area contributed by atoms with Gasteiger partial charge in [0, 0.05) is 11.1 Å². The van der Waals surface area contributed by atoms with Crippen LogP contribution in [0.25, 0.3) is 0 Å². The van der Waals surface area contributed by atoms with Crippen molar-refractivity contribution in [2.75, 3.05) is 13.2 Å². The van der Waals surface area contributed by atoms with Crippen LogP contribution in [0.15, 0.2) is 6.20 Å². The maximum absolute atomic E-state index is 11.3. The standard InChI is InChI=1S/C10H15N3O3S/c1-3-16-9(14)6-13-10(15)12-5-8-11-4-7(2)17-8/h4H,3,5-6H2,1-2H3,(H2,12,13,15). The first-order chi connectivity index (χ1) is 8.11. The summed E-state index contributed by atoms with van der Waals surface area (Å²) >= 11 is 1.52. The molecule has 0 saturated heterocycles. The second kappa shape index (κ2) is 6.85. The van der Waals surface area contributed by atoms with Crippen LogP contribution >= 0.6 is 11.3 Å². The number of rotatable bonds is 5. The molecule has 1 aromatic rings. The van der Waals surface area contributed by atoms with Crippen LogP contribution in [0.2, 0.25) is 0 Å². The minimum absolute atomic E-state index is 0.128. The molecule has 2 N–H and O–H groups in total. The Kier molecular flexibility index (Phi) is 5.41. The maximum atomic E-state index is 11.3. The number of amides is 2. The molecule has 0 atom stereocenters. The Morgan fingerprint density at radius 1 is 1.47 bits per heavy atom. The minimum Gasteiger partial charge on any atom is -0.465 e. The fourth-order valence-corrected chi connectivity index (χ4v) is 1.79. The van der Waals surface area contributed by atoms with Crippen molar-refractivity contribution in [2.24, 2.45) is 0 Å². The molecule has 1 heterocycles. The Morgan fingerprint density at radius 3 is 2.82 bits per heavy atom. The number of hydrogen-bond donors (Lipinski definition) is 2. The SMILES string of the molecule is CCOC(=O)CNC(=O)NCc1ncc(C)s1. The highest BCUT2D eigenvalue weighted by Gasteiger charge is 2.06. The normalized spacial score (nSPS) is 9.76. The number of carbonyl (C=O) groups is 2. The van der Waals surface area contributed by atoms with Crippen molar-refractivity contribution in [1.29, 1.82) is 0 Å². The van der Waals surface area contributed by atoms with Gasteiger partial charge in [-0.2, -0.15) is 0 Å². The molecule has 1 aromatic heterocycles. The zero-order chi connectivity index (χ0) is 12.7. The summed E-state index contributed by atoms with van der Waals surface area (Å²) in [6, 6.07) is -0.411. The minimum atomic E-state index is -0.451. The van der Waals surface area contributed by atoms with Crippen LogP contribution in [0, 0.1) is 6.92 Å². The number of nitrogens with zero attached hydrogens (tertiary/aromatic N) is 1. The second-order valence-electron chi connectivity index (χ2n) is 3.21. The van der Waals surface area contributed by atoms with Gasteiger partial charge in [-0.25, -0.2) is 9.78 Å². The largest absolute Gasteiger partial charge is 0.465 e. The topological polar surface area (TPSA) is 80.3 Å². The Bertz CT molecular complexity index is 392. The lowest BCUT2D eigenvalue weighted by Gasteiger charge is -2.05. The zero-order valence-electron chi connectivity index (χ0n) is 9.78. The van der Waals surface area contributed by atoms with Crippen molar-refractivity contribution in [3.05, 3.63) is 16.1 Å². The molecule has 6 nitrogen and oxygen atoms in total. The summed E-state index contributed by atoms with van der Waals surface area (Å²) in [5.41, 5.74) is 0. The molecule has 0 fully saturated rings. The molecule has 0 aliphatic carbocycles. The summed E-state index contributed by atoms with van der Waals surface area (Å²) in [6.07, 6.45) is 1.75. The third-order valence-electron chi connectivity index (χ3n) is 1.77. The van der Waals surface area contributed by atoms with Gasteiger partial charge >= 0.3 is 12.0 Å².